The number of alkyl halides is 3. The maximum Gasteiger partial charge on any atom is 0.490 e. The van der Waals surface area contributed by atoms with Gasteiger partial charge in [0.25, 0.3) is 5.69 Å². The molecule has 2 atom stereocenters. The van der Waals surface area contributed by atoms with Crippen molar-refractivity contribution in [2.45, 2.75) is 30.6 Å². The van der Waals surface area contributed by atoms with Crippen molar-refractivity contribution < 1.29 is 47.5 Å². The summed E-state index contributed by atoms with van der Waals surface area (Å²) >= 11 is 1.38. The largest absolute Gasteiger partial charge is 0.490 e. The highest BCUT2D eigenvalue weighted by molar-refractivity contribution is 8.00. The molecule has 2 amide bonds. The normalized spacial score (nSPS) is 22.3. The van der Waals surface area contributed by atoms with E-state index in [1.807, 2.05) is 0 Å². The third kappa shape index (κ3) is 5.91. The van der Waals surface area contributed by atoms with E-state index in [0.29, 0.717) is 36.4 Å². The highest BCUT2D eigenvalue weighted by atomic mass is 32.2. The first-order valence-electron chi connectivity index (χ1n) is 10.4. The molecule has 4 N–H and O–H groups in total. The smallest absolute Gasteiger partial charge is 0.477 e. The number of hydrogen-bond donors (Lipinski definition) is 3. The lowest BCUT2D eigenvalue weighted by molar-refractivity contribution is -0.384. The van der Waals surface area contributed by atoms with Gasteiger partial charge in [-0.15, -0.1) is 11.8 Å². The molecule has 0 aromatic heterocycles. The number of non-ortho nitro benzene ring substituents is 1. The Morgan fingerprint density at radius 2 is 1.81 bits per heavy atom. The molecule has 0 spiro atoms. The van der Waals surface area contributed by atoms with Crippen LogP contribution >= 0.6 is 11.8 Å². The SMILES string of the molecule is N[C@@H]1C(=O)N2C(C(=O)O)=C(/C=C3\CCN(Cc4ccc([N+](=O)[O-])cc4)C3=O)CS[C@H]12.O=C(O)C(F)(F)F. The average Bonchev–Trinajstić information content (AvgIpc) is 3.16. The van der Waals surface area contributed by atoms with Crippen molar-refractivity contribution in [2.24, 2.45) is 5.73 Å². The number of rotatable bonds is 5. The maximum atomic E-state index is 12.8. The van der Waals surface area contributed by atoms with E-state index in [1.54, 1.807) is 23.1 Å². The Morgan fingerprint density at radius 3 is 2.32 bits per heavy atom. The van der Waals surface area contributed by atoms with Crippen LogP contribution < -0.4 is 5.73 Å². The molecule has 3 aliphatic rings. The lowest BCUT2D eigenvalue weighted by Gasteiger charge is -2.47. The zero-order valence-electron chi connectivity index (χ0n) is 18.7. The van der Waals surface area contributed by atoms with Gasteiger partial charge < -0.3 is 20.8 Å². The van der Waals surface area contributed by atoms with Crippen molar-refractivity contribution >= 4 is 41.2 Å². The third-order valence-corrected chi connectivity index (χ3v) is 6.89. The lowest BCUT2D eigenvalue weighted by atomic mass is 10.0. The molecular formula is C21H19F3N4O8S. The highest BCUT2D eigenvalue weighted by Crippen LogP contribution is 2.40. The molecule has 2 fully saturated rings. The number of carboxylic acids is 2. The number of amides is 2. The Kier molecular flexibility index (Phi) is 7.92. The molecule has 1 aromatic rings. The first-order valence-corrected chi connectivity index (χ1v) is 11.5. The molecule has 0 saturated carbocycles. The lowest BCUT2D eigenvalue weighted by Crippen LogP contribution is -2.68. The van der Waals surface area contributed by atoms with Crippen LogP contribution in [0.5, 0.6) is 0 Å². The number of fused-ring (bicyclic) bond motifs is 1. The highest BCUT2D eigenvalue weighted by Gasteiger charge is 2.51. The second-order valence-electron chi connectivity index (χ2n) is 7.99. The Labute approximate surface area is 210 Å². The monoisotopic (exact) mass is 544 g/mol. The summed E-state index contributed by atoms with van der Waals surface area (Å²) in [7, 11) is 0. The van der Waals surface area contributed by atoms with E-state index in [-0.39, 0.29) is 22.7 Å². The number of carboxylic acid groups (broad SMARTS) is 2. The van der Waals surface area contributed by atoms with Crippen LogP contribution in [-0.2, 0) is 25.7 Å². The van der Waals surface area contributed by atoms with Gasteiger partial charge in [0.05, 0.1) is 4.92 Å². The summed E-state index contributed by atoms with van der Waals surface area (Å²) in [5.74, 6) is -4.28. The third-order valence-electron chi connectivity index (χ3n) is 5.57. The van der Waals surface area contributed by atoms with Gasteiger partial charge in [0, 0.05) is 36.5 Å². The molecule has 16 heteroatoms. The number of nitrogens with two attached hydrogens (primary N) is 1. The van der Waals surface area contributed by atoms with Crippen molar-refractivity contribution in [3.8, 4) is 0 Å². The second-order valence-corrected chi connectivity index (χ2v) is 9.09. The summed E-state index contributed by atoms with van der Waals surface area (Å²) in [5, 5.41) is 27.1. The first-order chi connectivity index (χ1) is 17.2. The number of carbonyl (C=O) groups is 4. The number of nitrogens with zero attached hydrogens (tertiary/aromatic N) is 3. The van der Waals surface area contributed by atoms with Crippen LogP contribution in [0.15, 0.2) is 47.2 Å². The number of allylic oxidation sites excluding steroid dienone is 1. The van der Waals surface area contributed by atoms with Crippen molar-refractivity contribution in [3.05, 3.63) is 62.9 Å². The summed E-state index contributed by atoms with van der Waals surface area (Å²) in [6.45, 7) is 0.760. The minimum absolute atomic E-state index is 0.0198. The maximum absolute atomic E-state index is 12.8. The van der Waals surface area contributed by atoms with Crippen LogP contribution in [0.25, 0.3) is 0 Å². The van der Waals surface area contributed by atoms with E-state index in [4.69, 9.17) is 15.6 Å². The minimum atomic E-state index is -5.08. The predicted molar refractivity (Wildman–Crippen MR) is 121 cm³/mol. The molecule has 0 bridgehead atoms. The molecule has 2 saturated heterocycles. The van der Waals surface area contributed by atoms with Crippen molar-refractivity contribution in [1.29, 1.82) is 0 Å². The zero-order chi connectivity index (χ0) is 27.7. The minimum Gasteiger partial charge on any atom is -0.477 e. The number of aliphatic carboxylic acids is 2. The molecule has 0 aliphatic carbocycles. The first kappa shape index (κ1) is 27.7. The van der Waals surface area contributed by atoms with E-state index >= 15 is 0 Å². The van der Waals surface area contributed by atoms with Crippen LogP contribution in [0.3, 0.4) is 0 Å². The molecular weight excluding hydrogens is 525 g/mol. The Morgan fingerprint density at radius 1 is 1.22 bits per heavy atom. The molecule has 37 heavy (non-hydrogen) atoms. The van der Waals surface area contributed by atoms with Crippen molar-refractivity contribution in [3.63, 3.8) is 0 Å². The Hall–Kier alpha value is -3.92. The Balaban J connectivity index is 0.000000479. The summed E-state index contributed by atoms with van der Waals surface area (Å²) in [6, 6.07) is 5.29. The van der Waals surface area contributed by atoms with E-state index in [0.717, 1.165) is 5.56 Å². The molecule has 12 nitrogen and oxygen atoms in total. The van der Waals surface area contributed by atoms with E-state index in [2.05, 4.69) is 0 Å². The number of carbonyl (C=O) groups excluding carboxylic acids is 2. The van der Waals surface area contributed by atoms with Gasteiger partial charge in [-0.2, -0.15) is 13.2 Å². The molecule has 4 rings (SSSR count). The molecule has 1 aromatic carbocycles. The number of hydrogen-bond acceptors (Lipinski definition) is 8. The molecule has 3 aliphatic heterocycles. The number of thioether (sulfide) groups is 1. The van der Waals surface area contributed by atoms with Gasteiger partial charge in [-0.1, -0.05) is 12.1 Å². The summed E-state index contributed by atoms with van der Waals surface area (Å²) in [4.78, 5) is 58.6. The van der Waals surface area contributed by atoms with Crippen LogP contribution in [0.2, 0.25) is 0 Å². The summed E-state index contributed by atoms with van der Waals surface area (Å²) < 4.78 is 31.7. The molecule has 3 heterocycles. The standard InChI is InChI=1S/C19H18N4O6S.C2HF3O2/c20-14-17(25)22-15(19(26)27)12(9-30-18(14)22)7-11-5-6-21(16(11)24)8-10-1-3-13(4-2-10)23(28)29;3-2(4,5)1(6)7/h1-4,7,14,18H,5-6,8-9,20H2,(H,26,27);(H,6,7)/b11-7+;/t14-,18-;/m1./s1. The summed E-state index contributed by atoms with van der Waals surface area (Å²) in [6.07, 6.45) is -3.06. The fraction of sp³-hybridized carbons (Fsp3) is 0.333. The van der Waals surface area contributed by atoms with Crippen LogP contribution in [0, 0.1) is 10.1 Å². The van der Waals surface area contributed by atoms with Gasteiger partial charge in [-0.3, -0.25) is 24.6 Å². The second kappa shape index (κ2) is 10.6. The molecule has 198 valence electrons. The molecule has 0 radical (unpaired) electrons. The van der Waals surface area contributed by atoms with E-state index in [1.165, 1.54) is 28.8 Å². The number of benzene rings is 1. The average molecular weight is 544 g/mol. The predicted octanol–water partition coefficient (Wildman–Crippen LogP) is 1.47. The van der Waals surface area contributed by atoms with Gasteiger partial charge in [-0.25, -0.2) is 9.59 Å². The number of β-lactam (4-membered cyclic amide) rings is 1. The van der Waals surface area contributed by atoms with E-state index < -0.39 is 35.0 Å². The number of nitro groups is 1. The van der Waals surface area contributed by atoms with Crippen molar-refractivity contribution in [1.82, 2.24) is 9.80 Å². The van der Waals surface area contributed by atoms with Gasteiger partial charge in [-0.05, 0) is 23.6 Å². The van der Waals surface area contributed by atoms with Crippen LogP contribution in [0.1, 0.15) is 12.0 Å². The van der Waals surface area contributed by atoms with Gasteiger partial charge in [0.2, 0.25) is 11.8 Å². The van der Waals surface area contributed by atoms with Gasteiger partial charge >= 0.3 is 18.1 Å². The quantitative estimate of drug-likeness (QED) is 0.212. The van der Waals surface area contributed by atoms with E-state index in [9.17, 15) is 42.8 Å². The topological polar surface area (TPSA) is 184 Å². The fourth-order valence-corrected chi connectivity index (χ4v) is 5.01. The number of halogens is 3. The molecule has 0 unspecified atom stereocenters. The fourth-order valence-electron chi connectivity index (χ4n) is 3.76. The Bertz CT molecular complexity index is 1220. The number of nitro benzene ring substituents is 1. The van der Waals surface area contributed by atoms with Gasteiger partial charge in [0.15, 0.2) is 0 Å². The zero-order valence-corrected chi connectivity index (χ0v) is 19.5. The number of likely N-dealkylation sites (tertiary alicyclic amines) is 1. The van der Waals surface area contributed by atoms with Gasteiger partial charge in [0.1, 0.15) is 17.1 Å². The van der Waals surface area contributed by atoms with Crippen LogP contribution in [0.4, 0.5) is 18.9 Å². The van der Waals surface area contributed by atoms with Crippen molar-refractivity contribution in [2.75, 3.05) is 12.3 Å². The summed E-state index contributed by atoms with van der Waals surface area (Å²) in [5.41, 5.74) is 7.27. The van der Waals surface area contributed by atoms with Crippen LogP contribution in [-0.4, -0.2) is 78.6 Å².